The number of aryl methyl sites for hydroxylation is 2. The van der Waals surface area contributed by atoms with E-state index in [2.05, 4.69) is 10.1 Å². The van der Waals surface area contributed by atoms with E-state index in [9.17, 15) is 9.59 Å². The molecule has 0 bridgehead atoms. The van der Waals surface area contributed by atoms with Crippen LogP contribution in [-0.2, 0) is 13.1 Å². The van der Waals surface area contributed by atoms with Crippen molar-refractivity contribution in [2.24, 2.45) is 0 Å². The summed E-state index contributed by atoms with van der Waals surface area (Å²) < 4.78 is 12.9. The Morgan fingerprint density at radius 2 is 1.92 bits per heavy atom. The number of anilines is 1. The Morgan fingerprint density at radius 3 is 2.54 bits per heavy atom. The first-order valence-corrected chi connectivity index (χ1v) is 8.06. The average Bonchev–Trinajstić information content (AvgIpc) is 3.24. The van der Waals surface area contributed by atoms with Gasteiger partial charge >= 0.3 is 11.7 Å². The molecule has 4 rings (SSSR count). The van der Waals surface area contributed by atoms with Crippen molar-refractivity contribution in [3.63, 3.8) is 0 Å². The van der Waals surface area contributed by atoms with Gasteiger partial charge in [0.1, 0.15) is 11.5 Å². The average molecular weight is 355 g/mol. The fraction of sp³-hybridized carbons (Fsp3) is 0.294. The summed E-state index contributed by atoms with van der Waals surface area (Å²) in [7, 11) is 1.58. The van der Waals surface area contributed by atoms with Crippen molar-refractivity contribution < 1.29 is 14.1 Å². The molecule has 0 spiro atoms. The highest BCUT2D eigenvalue weighted by molar-refractivity contribution is 5.95. The third-order valence-corrected chi connectivity index (χ3v) is 4.52. The molecule has 0 N–H and O–H groups in total. The molecule has 0 aliphatic carbocycles. The van der Waals surface area contributed by atoms with Gasteiger partial charge in [0.05, 0.1) is 25.9 Å². The highest BCUT2D eigenvalue weighted by Crippen LogP contribution is 2.25. The molecule has 0 atom stereocenters. The molecule has 1 amide bonds. The van der Waals surface area contributed by atoms with Crippen LogP contribution in [0.1, 0.15) is 22.8 Å². The lowest BCUT2D eigenvalue weighted by molar-refractivity contribution is 0.244. The molecule has 0 saturated heterocycles. The van der Waals surface area contributed by atoms with Crippen molar-refractivity contribution in [3.8, 4) is 5.75 Å². The van der Waals surface area contributed by atoms with Crippen LogP contribution >= 0.6 is 0 Å². The second-order valence-electron chi connectivity index (χ2n) is 6.05. The number of amides is 1. The third kappa shape index (κ3) is 2.40. The normalized spacial score (nSPS) is 13.3. The van der Waals surface area contributed by atoms with Crippen LogP contribution in [-0.4, -0.2) is 32.6 Å². The van der Waals surface area contributed by atoms with Gasteiger partial charge in [0.25, 0.3) is 0 Å². The predicted octanol–water partition coefficient (Wildman–Crippen LogP) is 1.69. The number of fused-ring (bicyclic) bond motifs is 1. The molecular weight excluding hydrogens is 338 g/mol. The Hall–Kier alpha value is -3.36. The molecule has 3 heterocycles. The highest BCUT2D eigenvalue weighted by Gasteiger charge is 2.33. The topological polar surface area (TPSA) is 95.4 Å². The first-order valence-electron chi connectivity index (χ1n) is 8.06. The molecule has 26 heavy (non-hydrogen) atoms. The van der Waals surface area contributed by atoms with Gasteiger partial charge in [-0.15, -0.1) is 0 Å². The van der Waals surface area contributed by atoms with Gasteiger partial charge in [-0.1, -0.05) is 5.16 Å². The lowest BCUT2D eigenvalue weighted by Crippen LogP contribution is -2.34. The van der Waals surface area contributed by atoms with E-state index >= 15 is 0 Å². The van der Waals surface area contributed by atoms with E-state index in [1.807, 2.05) is 0 Å². The van der Waals surface area contributed by atoms with Crippen LogP contribution in [0.15, 0.2) is 33.6 Å². The summed E-state index contributed by atoms with van der Waals surface area (Å²) in [6.45, 7) is 3.97. The molecule has 0 saturated carbocycles. The number of carbonyl (C=O) groups excluding carboxylic acids is 1. The molecule has 9 nitrogen and oxygen atoms in total. The number of hydrogen-bond donors (Lipinski definition) is 0. The van der Waals surface area contributed by atoms with Gasteiger partial charge < -0.3 is 9.26 Å². The zero-order valence-electron chi connectivity index (χ0n) is 14.6. The van der Waals surface area contributed by atoms with Crippen LogP contribution < -0.4 is 15.3 Å². The van der Waals surface area contributed by atoms with Crippen LogP contribution in [0.3, 0.4) is 0 Å². The maximum absolute atomic E-state index is 12.9. The van der Waals surface area contributed by atoms with Gasteiger partial charge in [-0.2, -0.15) is 9.67 Å². The van der Waals surface area contributed by atoms with E-state index in [-0.39, 0.29) is 19.1 Å². The SMILES string of the molecule is COc1ccc(N2Cc3nc(=O)n(Cc4c(C)noc4C)n3C2=O)cc1. The van der Waals surface area contributed by atoms with Crippen LogP contribution in [0.5, 0.6) is 5.75 Å². The largest absolute Gasteiger partial charge is 0.497 e. The molecule has 3 aromatic rings. The number of ether oxygens (including phenoxy) is 1. The van der Waals surface area contributed by atoms with E-state index in [0.717, 1.165) is 5.56 Å². The molecule has 2 aromatic heterocycles. The van der Waals surface area contributed by atoms with Crippen molar-refractivity contribution in [3.05, 3.63) is 57.6 Å². The molecule has 1 aliphatic rings. The van der Waals surface area contributed by atoms with Gasteiger partial charge in [0.2, 0.25) is 0 Å². The summed E-state index contributed by atoms with van der Waals surface area (Å²) in [6.07, 6.45) is 0. The number of hydrogen-bond acceptors (Lipinski definition) is 6. The van der Waals surface area contributed by atoms with Gasteiger partial charge in [0.15, 0.2) is 5.82 Å². The molecule has 0 radical (unpaired) electrons. The van der Waals surface area contributed by atoms with Crippen LogP contribution in [0.4, 0.5) is 10.5 Å². The summed E-state index contributed by atoms with van der Waals surface area (Å²) in [6, 6.07) is 6.81. The van der Waals surface area contributed by atoms with E-state index < -0.39 is 5.69 Å². The first-order chi connectivity index (χ1) is 12.5. The minimum atomic E-state index is -0.470. The van der Waals surface area contributed by atoms with E-state index in [4.69, 9.17) is 9.26 Å². The van der Waals surface area contributed by atoms with Crippen LogP contribution in [0.2, 0.25) is 0 Å². The third-order valence-electron chi connectivity index (χ3n) is 4.52. The number of rotatable bonds is 4. The zero-order chi connectivity index (χ0) is 18.4. The van der Waals surface area contributed by atoms with Crippen LogP contribution in [0, 0.1) is 13.8 Å². The van der Waals surface area contributed by atoms with Crippen molar-refractivity contribution in [1.82, 2.24) is 19.5 Å². The lowest BCUT2D eigenvalue weighted by Gasteiger charge is -2.16. The maximum Gasteiger partial charge on any atom is 0.364 e. The van der Waals surface area contributed by atoms with Crippen molar-refractivity contribution in [1.29, 1.82) is 0 Å². The lowest BCUT2D eigenvalue weighted by atomic mass is 10.2. The molecule has 1 aliphatic heterocycles. The van der Waals surface area contributed by atoms with E-state index in [0.29, 0.717) is 28.7 Å². The Morgan fingerprint density at radius 1 is 1.19 bits per heavy atom. The second kappa shape index (κ2) is 5.87. The first kappa shape index (κ1) is 16.1. The van der Waals surface area contributed by atoms with Gasteiger partial charge in [-0.25, -0.2) is 14.3 Å². The maximum atomic E-state index is 12.9. The Labute approximate surface area is 148 Å². The predicted molar refractivity (Wildman–Crippen MR) is 91.5 cm³/mol. The van der Waals surface area contributed by atoms with Gasteiger partial charge in [0, 0.05) is 11.3 Å². The fourth-order valence-electron chi connectivity index (χ4n) is 3.06. The van der Waals surface area contributed by atoms with E-state index in [1.165, 1.54) is 9.36 Å². The van der Waals surface area contributed by atoms with Crippen molar-refractivity contribution in [2.75, 3.05) is 12.0 Å². The Bertz CT molecular complexity index is 1020. The summed E-state index contributed by atoms with van der Waals surface area (Å²) in [5.41, 5.74) is 1.69. The van der Waals surface area contributed by atoms with E-state index in [1.54, 1.807) is 50.1 Å². The van der Waals surface area contributed by atoms with Crippen molar-refractivity contribution in [2.45, 2.75) is 26.9 Å². The molecule has 0 unspecified atom stereocenters. The van der Waals surface area contributed by atoms with Gasteiger partial charge in [-0.05, 0) is 38.1 Å². The molecule has 1 aromatic carbocycles. The van der Waals surface area contributed by atoms with Gasteiger partial charge in [-0.3, -0.25) is 4.90 Å². The summed E-state index contributed by atoms with van der Waals surface area (Å²) >= 11 is 0. The Balaban J connectivity index is 1.69. The zero-order valence-corrected chi connectivity index (χ0v) is 14.6. The number of aromatic nitrogens is 4. The molecular formula is C17H17N5O4. The van der Waals surface area contributed by atoms with Crippen molar-refractivity contribution >= 4 is 11.7 Å². The minimum absolute atomic E-state index is 0.176. The summed E-state index contributed by atoms with van der Waals surface area (Å²) in [5, 5.41) is 3.89. The monoisotopic (exact) mass is 355 g/mol. The summed E-state index contributed by atoms with van der Waals surface area (Å²) in [4.78, 5) is 30.8. The smallest absolute Gasteiger partial charge is 0.364 e. The quantitative estimate of drug-likeness (QED) is 0.707. The Kier molecular flexibility index (Phi) is 3.64. The number of carbonyl (C=O) groups is 1. The molecule has 0 fully saturated rings. The summed E-state index contributed by atoms with van der Waals surface area (Å²) in [5.74, 6) is 1.72. The number of benzene rings is 1. The number of nitrogens with zero attached hydrogens (tertiary/aromatic N) is 5. The fourth-order valence-corrected chi connectivity index (χ4v) is 3.06. The second-order valence-corrected chi connectivity index (χ2v) is 6.05. The van der Waals surface area contributed by atoms with Crippen LogP contribution in [0.25, 0.3) is 0 Å². The standard InChI is InChI=1S/C17H17N5O4/c1-10-14(11(2)26-19-10)8-21-16(23)18-15-9-20(17(24)22(15)21)12-4-6-13(25-3)7-5-12/h4-7H,8-9H2,1-3H3. The molecule has 9 heteroatoms. The highest BCUT2D eigenvalue weighted by atomic mass is 16.5. The molecule has 134 valence electrons. The minimum Gasteiger partial charge on any atom is -0.497 e. The number of methoxy groups -OCH3 is 1.